The Morgan fingerprint density at radius 2 is 1.64 bits per heavy atom. The Labute approximate surface area is 170 Å². The second kappa shape index (κ2) is 7.65. The van der Waals surface area contributed by atoms with Crippen molar-refractivity contribution < 1.29 is 22.0 Å². The quantitative estimate of drug-likeness (QED) is 0.542. The third-order valence-electron chi connectivity index (χ3n) is 4.35. The van der Waals surface area contributed by atoms with Gasteiger partial charge in [-0.1, -0.05) is 15.9 Å². The van der Waals surface area contributed by atoms with Crippen molar-refractivity contribution in [2.45, 2.75) is 9.92 Å². The number of hydrogen-bond donors (Lipinski definition) is 0. The predicted octanol–water partition coefficient (Wildman–Crippen LogP) is 3.91. The average molecular weight is 467 g/mol. The fourth-order valence-corrected chi connectivity index (χ4v) is 4.47. The van der Waals surface area contributed by atoms with Crippen LogP contribution in [0.2, 0.25) is 0 Å². The van der Waals surface area contributed by atoms with Crippen LogP contribution in [0.4, 0.5) is 10.3 Å². The minimum absolute atomic E-state index is 0.0425. The molecule has 1 fully saturated rings. The highest BCUT2D eigenvalue weighted by atomic mass is 79.9. The molecule has 4 rings (SSSR count). The number of nitrogens with zero attached hydrogens (tertiary/aromatic N) is 2. The Morgan fingerprint density at radius 1 is 1.00 bits per heavy atom. The van der Waals surface area contributed by atoms with Gasteiger partial charge in [-0.25, -0.2) is 12.8 Å². The molecule has 0 radical (unpaired) electrons. The smallest absolute Gasteiger partial charge is 0.236 e. The maximum atomic E-state index is 13.3. The van der Waals surface area contributed by atoms with Crippen LogP contribution in [0.1, 0.15) is 0 Å². The molecule has 0 saturated carbocycles. The summed E-state index contributed by atoms with van der Waals surface area (Å²) in [5.74, 6) is -0.136. The van der Waals surface area contributed by atoms with Crippen molar-refractivity contribution in [1.29, 1.82) is 0 Å². The first-order valence-electron chi connectivity index (χ1n) is 8.55. The van der Waals surface area contributed by atoms with Gasteiger partial charge in [0.05, 0.1) is 18.1 Å². The standard InChI is InChI=1S/C19H16BrFN2O4S/c20-14-3-1-13(2-4-14)17-22-18(19(27-17)23-9-11-26-12-10-23)28(24,25)16-7-5-15(21)6-8-16/h1-8H,9-12H2. The zero-order valence-corrected chi connectivity index (χ0v) is 17.0. The lowest BCUT2D eigenvalue weighted by molar-refractivity contribution is 0.120. The van der Waals surface area contributed by atoms with Gasteiger partial charge in [-0.3, -0.25) is 0 Å². The predicted molar refractivity (Wildman–Crippen MR) is 105 cm³/mol. The van der Waals surface area contributed by atoms with Crippen LogP contribution in [0, 0.1) is 5.82 Å². The first-order chi connectivity index (χ1) is 13.4. The second-order valence-corrected chi connectivity index (χ2v) is 8.97. The number of aromatic nitrogens is 1. The van der Waals surface area contributed by atoms with E-state index in [1.54, 1.807) is 17.0 Å². The minimum atomic E-state index is -3.99. The molecule has 0 aliphatic carbocycles. The summed E-state index contributed by atoms with van der Waals surface area (Å²) in [6.07, 6.45) is 0. The summed E-state index contributed by atoms with van der Waals surface area (Å²) < 4.78 is 51.8. The van der Waals surface area contributed by atoms with E-state index in [2.05, 4.69) is 20.9 Å². The molecule has 0 amide bonds. The van der Waals surface area contributed by atoms with Crippen LogP contribution in [-0.4, -0.2) is 39.7 Å². The summed E-state index contributed by atoms with van der Waals surface area (Å²) in [4.78, 5) is 6.07. The number of oxazole rings is 1. The van der Waals surface area contributed by atoms with Crippen LogP contribution in [0.25, 0.3) is 11.5 Å². The Bertz CT molecular complexity index is 1080. The molecular formula is C19H16BrFN2O4S. The van der Waals surface area contributed by atoms with E-state index >= 15 is 0 Å². The SMILES string of the molecule is O=S(=O)(c1ccc(F)cc1)c1nc(-c2ccc(Br)cc2)oc1N1CCOCC1. The first-order valence-corrected chi connectivity index (χ1v) is 10.8. The second-order valence-electron chi connectivity index (χ2n) is 6.19. The average Bonchev–Trinajstić information content (AvgIpc) is 3.16. The summed E-state index contributed by atoms with van der Waals surface area (Å²) in [6.45, 7) is 1.90. The van der Waals surface area contributed by atoms with Crippen LogP contribution in [0.5, 0.6) is 0 Å². The monoisotopic (exact) mass is 466 g/mol. The fraction of sp³-hybridized carbons (Fsp3) is 0.211. The van der Waals surface area contributed by atoms with Gasteiger partial charge in [0, 0.05) is 23.1 Å². The highest BCUT2D eigenvalue weighted by molar-refractivity contribution is 9.10. The van der Waals surface area contributed by atoms with Gasteiger partial charge < -0.3 is 14.1 Å². The molecule has 9 heteroatoms. The van der Waals surface area contributed by atoms with Crippen molar-refractivity contribution in [1.82, 2.24) is 4.98 Å². The van der Waals surface area contributed by atoms with Gasteiger partial charge in [0.25, 0.3) is 0 Å². The largest absolute Gasteiger partial charge is 0.419 e. The molecule has 1 aliphatic rings. The molecule has 1 aliphatic heterocycles. The van der Waals surface area contributed by atoms with Crippen molar-refractivity contribution in [2.24, 2.45) is 0 Å². The molecule has 0 spiro atoms. The maximum Gasteiger partial charge on any atom is 0.236 e. The molecule has 28 heavy (non-hydrogen) atoms. The van der Waals surface area contributed by atoms with E-state index in [4.69, 9.17) is 9.15 Å². The third-order valence-corrected chi connectivity index (χ3v) is 6.54. The van der Waals surface area contributed by atoms with Crippen molar-refractivity contribution >= 4 is 31.7 Å². The van der Waals surface area contributed by atoms with Gasteiger partial charge in [0.2, 0.25) is 26.6 Å². The number of benzene rings is 2. The summed E-state index contributed by atoms with van der Waals surface area (Å²) >= 11 is 3.37. The number of anilines is 1. The minimum Gasteiger partial charge on any atom is -0.419 e. The Morgan fingerprint density at radius 3 is 2.29 bits per heavy atom. The molecule has 0 bridgehead atoms. The van der Waals surface area contributed by atoms with Gasteiger partial charge in [-0.15, -0.1) is 0 Å². The molecule has 3 aromatic rings. The lowest BCUT2D eigenvalue weighted by Gasteiger charge is -2.26. The highest BCUT2D eigenvalue weighted by Gasteiger charge is 2.32. The summed E-state index contributed by atoms with van der Waals surface area (Å²) in [7, 11) is -3.99. The third kappa shape index (κ3) is 3.69. The lowest BCUT2D eigenvalue weighted by Crippen LogP contribution is -2.36. The molecule has 0 atom stereocenters. The van der Waals surface area contributed by atoms with Gasteiger partial charge >= 0.3 is 0 Å². The Balaban J connectivity index is 1.84. The van der Waals surface area contributed by atoms with E-state index in [0.717, 1.165) is 16.6 Å². The normalized spacial score (nSPS) is 15.0. The molecular weight excluding hydrogens is 451 g/mol. The molecule has 2 heterocycles. The molecule has 146 valence electrons. The van der Waals surface area contributed by atoms with Crippen molar-refractivity contribution in [3.63, 3.8) is 0 Å². The molecule has 6 nitrogen and oxygen atoms in total. The van der Waals surface area contributed by atoms with E-state index < -0.39 is 15.7 Å². The lowest BCUT2D eigenvalue weighted by atomic mass is 10.2. The van der Waals surface area contributed by atoms with Crippen LogP contribution in [0.15, 0.2) is 67.3 Å². The topological polar surface area (TPSA) is 72.6 Å². The van der Waals surface area contributed by atoms with E-state index in [1.807, 2.05) is 12.1 Å². The van der Waals surface area contributed by atoms with Gasteiger partial charge in [0.1, 0.15) is 5.82 Å². The molecule has 1 saturated heterocycles. The van der Waals surface area contributed by atoms with Gasteiger partial charge in [0.15, 0.2) is 0 Å². The molecule has 1 aromatic heterocycles. The molecule has 0 unspecified atom stereocenters. The van der Waals surface area contributed by atoms with Crippen LogP contribution >= 0.6 is 15.9 Å². The number of rotatable bonds is 4. The van der Waals surface area contributed by atoms with E-state index in [9.17, 15) is 12.8 Å². The van der Waals surface area contributed by atoms with Crippen molar-refractivity contribution in [2.75, 3.05) is 31.2 Å². The van der Waals surface area contributed by atoms with E-state index in [-0.39, 0.29) is 21.7 Å². The number of sulfone groups is 1. The summed E-state index contributed by atoms with van der Waals surface area (Å²) in [5, 5.41) is -0.182. The Kier molecular flexibility index (Phi) is 5.22. The number of hydrogen-bond acceptors (Lipinski definition) is 6. The number of halogens is 2. The zero-order chi connectivity index (χ0) is 19.7. The van der Waals surface area contributed by atoms with E-state index in [1.165, 1.54) is 12.1 Å². The number of morpholine rings is 1. The maximum absolute atomic E-state index is 13.3. The first kappa shape index (κ1) is 19.1. The van der Waals surface area contributed by atoms with E-state index in [0.29, 0.717) is 31.9 Å². The van der Waals surface area contributed by atoms with Crippen LogP contribution in [0.3, 0.4) is 0 Å². The molecule has 0 N–H and O–H groups in total. The molecule has 2 aromatic carbocycles. The van der Waals surface area contributed by atoms with Crippen LogP contribution < -0.4 is 4.90 Å². The van der Waals surface area contributed by atoms with Crippen molar-refractivity contribution in [3.8, 4) is 11.5 Å². The fourth-order valence-electron chi connectivity index (χ4n) is 2.88. The summed E-state index contributed by atoms with van der Waals surface area (Å²) in [5.41, 5.74) is 0.651. The van der Waals surface area contributed by atoms with Gasteiger partial charge in [-0.05, 0) is 48.5 Å². The highest BCUT2D eigenvalue weighted by Crippen LogP contribution is 2.35. The summed E-state index contributed by atoms with van der Waals surface area (Å²) in [6, 6.07) is 11.9. The van der Waals surface area contributed by atoms with Gasteiger partial charge in [-0.2, -0.15) is 4.98 Å². The zero-order valence-electron chi connectivity index (χ0n) is 14.6. The van der Waals surface area contributed by atoms with Crippen LogP contribution in [-0.2, 0) is 14.6 Å². The van der Waals surface area contributed by atoms with Crippen molar-refractivity contribution in [3.05, 3.63) is 58.8 Å². The Hall–Kier alpha value is -2.23. The number of ether oxygens (including phenoxy) is 1.